The lowest BCUT2D eigenvalue weighted by atomic mass is 9.51. The predicted molar refractivity (Wildman–Crippen MR) is 107 cm³/mol. The first-order valence-corrected chi connectivity index (χ1v) is 10.8. The van der Waals surface area contributed by atoms with Gasteiger partial charge in [0.2, 0.25) is 0 Å². The van der Waals surface area contributed by atoms with E-state index in [0.717, 1.165) is 31.4 Å². The Bertz CT molecular complexity index is 889. The number of likely N-dealkylation sites (tertiary alicyclic amines) is 1. The Kier molecular flexibility index (Phi) is 4.57. The average molecular weight is 416 g/mol. The number of alkyl carbamates (subject to hydrolysis) is 1. The molecule has 1 spiro atoms. The molecule has 2 heterocycles. The molecule has 30 heavy (non-hydrogen) atoms. The molecule has 0 aromatic heterocycles. The van der Waals surface area contributed by atoms with Gasteiger partial charge in [0.25, 0.3) is 0 Å². The van der Waals surface area contributed by atoms with Gasteiger partial charge in [-0.25, -0.2) is 4.79 Å². The van der Waals surface area contributed by atoms with Gasteiger partial charge in [0.1, 0.15) is 18.8 Å². The van der Waals surface area contributed by atoms with E-state index in [0.29, 0.717) is 24.1 Å². The standard InChI is InChI=1S/C22H28N2O6/c1-3-28-17(26)11-23-21(27)29-16-7-5-13-14-10-12-4-6-15(25)19-18(12)22(13,20(16)30-19)8-9-24(14)2/h4,6,13-14,16,20,25H,3,5,7-11H2,1-2H3,(H,23,27)/t13-,14+,16-,20+,22-/m0/s1. The van der Waals surface area contributed by atoms with Crippen LogP contribution in [0.2, 0.25) is 0 Å². The number of hydrogen-bond donors (Lipinski definition) is 2. The van der Waals surface area contributed by atoms with Gasteiger partial charge in [-0.1, -0.05) is 6.07 Å². The first-order valence-electron chi connectivity index (χ1n) is 10.8. The Hall–Kier alpha value is -2.48. The molecular weight excluding hydrogens is 388 g/mol. The fraction of sp³-hybridized carbons (Fsp3) is 0.636. The summed E-state index contributed by atoms with van der Waals surface area (Å²) in [6.45, 7) is 2.69. The molecule has 8 nitrogen and oxygen atoms in total. The third-order valence-electron chi connectivity index (χ3n) is 7.48. The number of ether oxygens (including phenoxy) is 3. The fourth-order valence-electron chi connectivity index (χ4n) is 6.35. The maximum Gasteiger partial charge on any atom is 0.408 e. The molecular formula is C22H28N2O6. The number of hydrogen-bond acceptors (Lipinski definition) is 7. The highest BCUT2D eigenvalue weighted by Crippen LogP contribution is 2.63. The van der Waals surface area contributed by atoms with Crippen molar-refractivity contribution in [2.24, 2.45) is 5.92 Å². The lowest BCUT2D eigenvalue weighted by Gasteiger charge is -2.58. The van der Waals surface area contributed by atoms with Crippen LogP contribution in [0.4, 0.5) is 4.79 Å². The van der Waals surface area contributed by atoms with Crippen molar-refractivity contribution in [1.29, 1.82) is 0 Å². The van der Waals surface area contributed by atoms with Crippen LogP contribution in [0.15, 0.2) is 12.1 Å². The molecule has 0 unspecified atom stereocenters. The molecule has 1 saturated carbocycles. The van der Waals surface area contributed by atoms with E-state index in [1.807, 2.05) is 6.07 Å². The quantitative estimate of drug-likeness (QED) is 0.722. The van der Waals surface area contributed by atoms with Crippen LogP contribution in [0.3, 0.4) is 0 Å². The number of rotatable bonds is 4. The molecule has 5 rings (SSSR count). The minimum absolute atomic E-state index is 0.152. The van der Waals surface area contributed by atoms with Gasteiger partial charge in [-0.2, -0.15) is 0 Å². The van der Waals surface area contributed by atoms with E-state index in [2.05, 4.69) is 17.3 Å². The zero-order chi connectivity index (χ0) is 21.0. The number of piperidine rings is 1. The Balaban J connectivity index is 1.43. The molecule has 2 fully saturated rings. The Morgan fingerprint density at radius 3 is 3.00 bits per heavy atom. The minimum atomic E-state index is -0.646. The van der Waals surface area contributed by atoms with Crippen LogP contribution in [0, 0.1) is 5.92 Å². The highest BCUT2D eigenvalue weighted by atomic mass is 16.6. The highest BCUT2D eigenvalue weighted by molar-refractivity contribution is 5.78. The molecule has 1 saturated heterocycles. The SMILES string of the molecule is CCOC(=O)CNC(=O)O[C@H]1CC[C@H]2[C@H]3Cc4ccc(O)c5c4[C@@]2(CCN3C)[C@@H]1O5. The van der Waals surface area contributed by atoms with Crippen molar-refractivity contribution in [1.82, 2.24) is 10.2 Å². The highest BCUT2D eigenvalue weighted by Gasteiger charge is 2.66. The first-order chi connectivity index (χ1) is 14.5. The Labute approximate surface area is 175 Å². The number of aromatic hydroxyl groups is 1. The second-order valence-electron chi connectivity index (χ2n) is 8.82. The third kappa shape index (κ3) is 2.69. The van der Waals surface area contributed by atoms with E-state index >= 15 is 0 Å². The fourth-order valence-corrected chi connectivity index (χ4v) is 6.35. The first kappa shape index (κ1) is 19.5. The summed E-state index contributed by atoms with van der Waals surface area (Å²) in [6, 6.07) is 4.15. The van der Waals surface area contributed by atoms with Gasteiger partial charge >= 0.3 is 12.1 Å². The molecule has 162 valence electrons. The van der Waals surface area contributed by atoms with Crippen molar-refractivity contribution >= 4 is 12.1 Å². The summed E-state index contributed by atoms with van der Waals surface area (Å²) in [6.07, 6.45) is 2.06. The number of phenols is 1. The van der Waals surface area contributed by atoms with E-state index in [9.17, 15) is 14.7 Å². The predicted octanol–water partition coefficient (Wildman–Crippen LogP) is 1.72. The second-order valence-corrected chi connectivity index (χ2v) is 8.82. The van der Waals surface area contributed by atoms with Gasteiger partial charge in [0.05, 0.1) is 6.61 Å². The van der Waals surface area contributed by atoms with Crippen molar-refractivity contribution in [2.45, 2.75) is 56.3 Å². The zero-order valence-corrected chi connectivity index (χ0v) is 17.3. The molecule has 1 amide bonds. The number of esters is 1. The summed E-state index contributed by atoms with van der Waals surface area (Å²) in [5.41, 5.74) is 2.11. The van der Waals surface area contributed by atoms with Crippen LogP contribution in [-0.4, -0.2) is 67.1 Å². The lowest BCUT2D eigenvalue weighted by Crippen LogP contribution is -2.66. The summed E-state index contributed by atoms with van der Waals surface area (Å²) in [5.74, 6) is 0.618. The van der Waals surface area contributed by atoms with E-state index < -0.39 is 18.2 Å². The number of amides is 1. The number of carbonyl (C=O) groups excluding carboxylic acids is 2. The van der Waals surface area contributed by atoms with Gasteiger partial charge in [0, 0.05) is 17.0 Å². The van der Waals surface area contributed by atoms with Crippen LogP contribution in [-0.2, 0) is 26.1 Å². The maximum absolute atomic E-state index is 12.4. The molecule has 1 aromatic carbocycles. The molecule has 2 aliphatic carbocycles. The third-order valence-corrected chi connectivity index (χ3v) is 7.48. The van der Waals surface area contributed by atoms with Crippen LogP contribution >= 0.6 is 0 Å². The van der Waals surface area contributed by atoms with Crippen molar-refractivity contribution < 1.29 is 28.9 Å². The molecule has 2 bridgehead atoms. The van der Waals surface area contributed by atoms with Crippen LogP contribution in [0.25, 0.3) is 0 Å². The van der Waals surface area contributed by atoms with Crippen molar-refractivity contribution in [2.75, 3.05) is 26.7 Å². The molecule has 8 heteroatoms. The number of benzene rings is 1. The maximum atomic E-state index is 12.4. The zero-order valence-electron chi connectivity index (χ0n) is 17.3. The normalized spacial score (nSPS) is 33.3. The second kappa shape index (κ2) is 7.04. The van der Waals surface area contributed by atoms with Gasteiger partial charge in [-0.15, -0.1) is 0 Å². The average Bonchev–Trinajstić information content (AvgIpc) is 3.08. The molecule has 1 aromatic rings. The summed E-state index contributed by atoms with van der Waals surface area (Å²) in [7, 11) is 2.18. The smallest absolute Gasteiger partial charge is 0.408 e. The molecule has 5 atom stereocenters. The number of likely N-dealkylation sites (N-methyl/N-ethyl adjacent to an activating group) is 1. The summed E-state index contributed by atoms with van der Waals surface area (Å²) in [5, 5.41) is 13.0. The number of carbonyl (C=O) groups is 2. The molecule has 2 aliphatic heterocycles. The summed E-state index contributed by atoms with van der Waals surface area (Å²) in [4.78, 5) is 26.3. The Morgan fingerprint density at radius 2 is 2.20 bits per heavy atom. The Morgan fingerprint density at radius 1 is 1.37 bits per heavy atom. The summed E-state index contributed by atoms with van der Waals surface area (Å²) >= 11 is 0. The van der Waals surface area contributed by atoms with Gasteiger partial charge in [-0.3, -0.25) is 4.79 Å². The van der Waals surface area contributed by atoms with E-state index in [4.69, 9.17) is 14.2 Å². The topological polar surface area (TPSA) is 97.3 Å². The van der Waals surface area contributed by atoms with Crippen LogP contribution in [0.5, 0.6) is 11.5 Å². The van der Waals surface area contributed by atoms with Crippen LogP contribution in [0.1, 0.15) is 37.3 Å². The molecule has 0 radical (unpaired) electrons. The monoisotopic (exact) mass is 416 g/mol. The number of nitrogens with one attached hydrogen (secondary N) is 1. The van der Waals surface area contributed by atoms with E-state index in [-0.39, 0.29) is 30.4 Å². The minimum Gasteiger partial charge on any atom is -0.504 e. The van der Waals surface area contributed by atoms with Crippen molar-refractivity contribution in [3.8, 4) is 11.5 Å². The summed E-state index contributed by atoms with van der Waals surface area (Å²) < 4.78 is 16.9. The van der Waals surface area contributed by atoms with Crippen molar-refractivity contribution in [3.05, 3.63) is 23.3 Å². The van der Waals surface area contributed by atoms with Gasteiger partial charge < -0.3 is 29.5 Å². The van der Waals surface area contributed by atoms with E-state index in [1.165, 1.54) is 5.56 Å². The number of phenolic OH excluding ortho intramolecular Hbond substituents is 1. The molecule has 2 N–H and O–H groups in total. The lowest BCUT2D eigenvalue weighted by molar-refractivity contribution is -0.142. The van der Waals surface area contributed by atoms with Crippen LogP contribution < -0.4 is 10.1 Å². The largest absolute Gasteiger partial charge is 0.504 e. The molecule has 4 aliphatic rings. The van der Waals surface area contributed by atoms with Gasteiger partial charge in [0.15, 0.2) is 11.5 Å². The van der Waals surface area contributed by atoms with Crippen molar-refractivity contribution in [3.63, 3.8) is 0 Å². The number of nitrogens with zero attached hydrogens (tertiary/aromatic N) is 1. The van der Waals surface area contributed by atoms with E-state index in [1.54, 1.807) is 13.0 Å². The van der Waals surface area contributed by atoms with Gasteiger partial charge in [-0.05, 0) is 63.7 Å².